The predicted molar refractivity (Wildman–Crippen MR) is 131 cm³/mol. The summed E-state index contributed by atoms with van der Waals surface area (Å²) in [4.78, 5) is 36.6. The summed E-state index contributed by atoms with van der Waals surface area (Å²) in [5, 5.41) is 6.89. The fourth-order valence-corrected chi connectivity index (χ4v) is 3.41. The normalized spacial score (nSPS) is 10.7. The zero-order chi connectivity index (χ0) is 24.0. The van der Waals surface area contributed by atoms with Crippen molar-refractivity contribution in [2.45, 2.75) is 0 Å². The van der Waals surface area contributed by atoms with Gasteiger partial charge in [-0.05, 0) is 48.5 Å². The Kier molecular flexibility index (Phi) is 8.46. The molecule has 0 bridgehead atoms. The molecule has 3 aromatic carbocycles. The van der Waals surface area contributed by atoms with Crippen molar-refractivity contribution >= 4 is 80.4 Å². The molecule has 0 radical (unpaired) electrons. The zero-order valence-electron chi connectivity index (χ0n) is 16.4. The molecule has 0 saturated heterocycles. The Morgan fingerprint density at radius 2 is 1.67 bits per heavy atom. The van der Waals surface area contributed by atoms with Gasteiger partial charge < -0.3 is 10.1 Å². The van der Waals surface area contributed by atoms with Crippen LogP contribution in [0.5, 0.6) is 5.75 Å². The summed E-state index contributed by atoms with van der Waals surface area (Å²) in [6, 6.07) is 15.7. The summed E-state index contributed by atoms with van der Waals surface area (Å²) in [5.41, 5.74) is 2.81. The lowest BCUT2D eigenvalue weighted by molar-refractivity contribution is -0.136. The van der Waals surface area contributed by atoms with Gasteiger partial charge in [-0.1, -0.05) is 62.9 Å². The van der Waals surface area contributed by atoms with Crippen molar-refractivity contribution in [1.82, 2.24) is 5.43 Å². The minimum absolute atomic E-state index is 0.163. The average molecular weight is 570 g/mol. The van der Waals surface area contributed by atoms with Crippen molar-refractivity contribution in [2.24, 2.45) is 5.10 Å². The van der Waals surface area contributed by atoms with Crippen molar-refractivity contribution in [3.63, 3.8) is 0 Å². The Bertz CT molecular complexity index is 1270. The number of ether oxygens (including phenoxy) is 1. The van der Waals surface area contributed by atoms with Crippen LogP contribution in [0, 0.1) is 0 Å². The fraction of sp³-hybridized carbons (Fsp3) is 0. The SMILES string of the molecule is O=C(NN=Cc1cc(Br)ccc1OC(=O)c1ccccc1Cl)C(=O)Nc1cc(Cl)ccc1Cl. The molecule has 7 nitrogen and oxygen atoms in total. The summed E-state index contributed by atoms with van der Waals surface area (Å²) in [6.07, 6.45) is 1.22. The highest BCUT2D eigenvalue weighted by atomic mass is 79.9. The Morgan fingerprint density at radius 1 is 0.909 bits per heavy atom. The Morgan fingerprint density at radius 3 is 2.42 bits per heavy atom. The number of hydrogen-bond donors (Lipinski definition) is 2. The number of esters is 1. The highest BCUT2D eigenvalue weighted by Crippen LogP contribution is 2.26. The largest absolute Gasteiger partial charge is 0.422 e. The van der Waals surface area contributed by atoms with Gasteiger partial charge in [0.05, 0.1) is 27.5 Å². The number of halogens is 4. The first-order valence-corrected chi connectivity index (χ1v) is 11.0. The summed E-state index contributed by atoms with van der Waals surface area (Å²) in [6.45, 7) is 0. The zero-order valence-corrected chi connectivity index (χ0v) is 20.3. The number of nitrogens with zero attached hydrogens (tertiary/aromatic N) is 1. The monoisotopic (exact) mass is 567 g/mol. The lowest BCUT2D eigenvalue weighted by Crippen LogP contribution is -2.32. The molecule has 2 N–H and O–H groups in total. The number of carbonyl (C=O) groups is 3. The molecule has 0 heterocycles. The van der Waals surface area contributed by atoms with Gasteiger partial charge in [0.15, 0.2) is 0 Å². The van der Waals surface area contributed by atoms with Crippen LogP contribution in [-0.4, -0.2) is 24.0 Å². The maximum Gasteiger partial charge on any atom is 0.345 e. The summed E-state index contributed by atoms with van der Waals surface area (Å²) in [7, 11) is 0. The van der Waals surface area contributed by atoms with E-state index in [1.54, 1.807) is 30.3 Å². The first-order chi connectivity index (χ1) is 15.7. The fourth-order valence-electron chi connectivity index (χ4n) is 2.48. The molecule has 0 aliphatic carbocycles. The van der Waals surface area contributed by atoms with E-state index in [-0.39, 0.29) is 27.0 Å². The van der Waals surface area contributed by atoms with Crippen molar-refractivity contribution in [1.29, 1.82) is 0 Å². The van der Waals surface area contributed by atoms with Crippen LogP contribution in [0.2, 0.25) is 15.1 Å². The highest BCUT2D eigenvalue weighted by molar-refractivity contribution is 9.10. The molecule has 11 heteroatoms. The van der Waals surface area contributed by atoms with Crippen molar-refractivity contribution in [3.8, 4) is 5.75 Å². The van der Waals surface area contributed by atoms with E-state index in [2.05, 4.69) is 31.8 Å². The van der Waals surface area contributed by atoms with Gasteiger partial charge >= 0.3 is 17.8 Å². The van der Waals surface area contributed by atoms with E-state index in [0.29, 0.717) is 15.1 Å². The van der Waals surface area contributed by atoms with Gasteiger partial charge in [-0.3, -0.25) is 9.59 Å². The van der Waals surface area contributed by atoms with E-state index in [1.807, 2.05) is 0 Å². The summed E-state index contributed by atoms with van der Waals surface area (Å²) >= 11 is 21.2. The van der Waals surface area contributed by atoms with Gasteiger partial charge in [-0.25, -0.2) is 10.2 Å². The minimum atomic E-state index is -1.05. The van der Waals surface area contributed by atoms with Gasteiger partial charge in [-0.15, -0.1) is 0 Å². The van der Waals surface area contributed by atoms with Crippen LogP contribution in [0.4, 0.5) is 5.69 Å². The Labute approximate surface area is 211 Å². The van der Waals surface area contributed by atoms with Crippen molar-refractivity contribution in [3.05, 3.63) is 91.3 Å². The minimum Gasteiger partial charge on any atom is -0.422 e. The number of nitrogens with one attached hydrogen (secondary N) is 2. The Balaban J connectivity index is 1.69. The van der Waals surface area contributed by atoms with Gasteiger partial charge in [0.1, 0.15) is 5.75 Å². The third kappa shape index (κ3) is 6.79. The van der Waals surface area contributed by atoms with E-state index >= 15 is 0 Å². The van der Waals surface area contributed by atoms with Gasteiger partial charge in [0, 0.05) is 15.1 Å². The molecule has 0 fully saturated rings. The molecule has 0 spiro atoms. The van der Waals surface area contributed by atoms with Crippen LogP contribution in [0.15, 0.2) is 70.2 Å². The molecule has 0 aromatic heterocycles. The van der Waals surface area contributed by atoms with E-state index < -0.39 is 17.8 Å². The second-order valence-corrected chi connectivity index (χ2v) is 8.50. The topological polar surface area (TPSA) is 96.9 Å². The Hall–Kier alpha value is -2.91. The van der Waals surface area contributed by atoms with Crippen LogP contribution in [-0.2, 0) is 9.59 Å². The van der Waals surface area contributed by atoms with E-state index in [0.717, 1.165) is 0 Å². The number of carbonyl (C=O) groups excluding carboxylic acids is 3. The van der Waals surface area contributed by atoms with Gasteiger partial charge in [-0.2, -0.15) is 5.10 Å². The van der Waals surface area contributed by atoms with Gasteiger partial charge in [0.2, 0.25) is 0 Å². The van der Waals surface area contributed by atoms with E-state index in [1.165, 1.54) is 36.5 Å². The molecule has 0 aliphatic heterocycles. The lowest BCUT2D eigenvalue weighted by Gasteiger charge is -2.09. The molecular weight excluding hydrogens is 557 g/mol. The predicted octanol–water partition coefficient (Wildman–Crippen LogP) is 5.72. The lowest BCUT2D eigenvalue weighted by atomic mass is 10.2. The van der Waals surface area contributed by atoms with Crippen molar-refractivity contribution in [2.75, 3.05) is 5.32 Å². The molecule has 2 amide bonds. The van der Waals surface area contributed by atoms with Crippen LogP contribution in [0.3, 0.4) is 0 Å². The molecule has 3 aromatic rings. The second-order valence-electron chi connectivity index (χ2n) is 6.33. The molecule has 0 atom stereocenters. The van der Waals surface area contributed by atoms with Gasteiger partial charge in [0.25, 0.3) is 0 Å². The number of amides is 2. The second kappa shape index (κ2) is 11.3. The summed E-state index contributed by atoms with van der Waals surface area (Å²) < 4.78 is 6.09. The standard InChI is InChI=1S/C22H13BrCl3N3O4/c23-13-5-8-19(33-22(32)15-3-1-2-4-16(15)25)12(9-13)11-27-29-21(31)20(30)28-18-10-14(24)6-7-17(18)26/h1-11H,(H,28,30)(H,29,31). The molecule has 0 unspecified atom stereocenters. The average Bonchev–Trinajstić information content (AvgIpc) is 2.78. The van der Waals surface area contributed by atoms with Crippen LogP contribution < -0.4 is 15.5 Å². The smallest absolute Gasteiger partial charge is 0.345 e. The molecule has 3 rings (SSSR count). The number of anilines is 1. The van der Waals surface area contributed by atoms with E-state index in [9.17, 15) is 14.4 Å². The summed E-state index contributed by atoms with van der Waals surface area (Å²) in [5.74, 6) is -2.56. The van der Waals surface area contributed by atoms with Crippen LogP contribution in [0.25, 0.3) is 0 Å². The quantitative estimate of drug-likeness (QED) is 0.135. The molecular formula is C22H13BrCl3N3O4. The van der Waals surface area contributed by atoms with Crippen molar-refractivity contribution < 1.29 is 19.1 Å². The number of rotatable bonds is 5. The maximum atomic E-state index is 12.5. The number of hydrogen-bond acceptors (Lipinski definition) is 5. The molecule has 33 heavy (non-hydrogen) atoms. The maximum absolute atomic E-state index is 12.5. The van der Waals surface area contributed by atoms with Crippen LogP contribution >= 0.6 is 50.7 Å². The molecule has 168 valence electrons. The third-order valence-corrected chi connectivity index (χ3v) is 5.41. The highest BCUT2D eigenvalue weighted by Gasteiger charge is 2.16. The number of hydrazone groups is 1. The molecule has 0 aliphatic rings. The first kappa shape index (κ1) is 24.7. The number of benzene rings is 3. The van der Waals surface area contributed by atoms with E-state index in [4.69, 9.17) is 39.5 Å². The first-order valence-electron chi connectivity index (χ1n) is 9.10. The third-order valence-electron chi connectivity index (χ3n) is 4.02. The van der Waals surface area contributed by atoms with Crippen LogP contribution in [0.1, 0.15) is 15.9 Å². The molecule has 0 saturated carbocycles.